The first kappa shape index (κ1) is 21.1. The number of amides is 1. The molecule has 0 aliphatic heterocycles. The fourth-order valence-corrected chi connectivity index (χ4v) is 4.08. The highest BCUT2D eigenvalue weighted by molar-refractivity contribution is 7.92. The van der Waals surface area contributed by atoms with Gasteiger partial charge in [0, 0.05) is 11.3 Å². The summed E-state index contributed by atoms with van der Waals surface area (Å²) >= 11 is 0. The largest absolute Gasteiger partial charge is 0.455 e. The van der Waals surface area contributed by atoms with Crippen LogP contribution >= 0.6 is 0 Å². The maximum Gasteiger partial charge on any atom is 0.261 e. The third-order valence-corrected chi connectivity index (χ3v) is 5.93. The Bertz CT molecular complexity index is 1320. The van der Waals surface area contributed by atoms with Crippen LogP contribution in [0, 0.1) is 0 Å². The molecule has 0 aliphatic carbocycles. The molecule has 0 aromatic heterocycles. The summed E-state index contributed by atoms with van der Waals surface area (Å²) in [5, 5.41) is 2.83. The predicted octanol–water partition coefficient (Wildman–Crippen LogP) is 5.53. The quantitative estimate of drug-likeness (QED) is 0.392. The van der Waals surface area contributed by atoms with Crippen LogP contribution in [0.15, 0.2) is 114 Å². The Labute approximate surface area is 186 Å². The van der Waals surface area contributed by atoms with Crippen molar-refractivity contribution in [3.05, 3.63) is 115 Å². The van der Waals surface area contributed by atoms with Gasteiger partial charge in [-0.2, -0.15) is 0 Å². The zero-order valence-corrected chi connectivity index (χ0v) is 17.8. The van der Waals surface area contributed by atoms with E-state index in [1.54, 1.807) is 54.6 Å². The summed E-state index contributed by atoms with van der Waals surface area (Å²) in [7, 11) is -3.76. The number of benzene rings is 4. The lowest BCUT2D eigenvalue weighted by Crippen LogP contribution is -2.15. The topological polar surface area (TPSA) is 84.5 Å². The highest BCUT2D eigenvalue weighted by atomic mass is 32.2. The summed E-state index contributed by atoms with van der Waals surface area (Å²) in [6, 6.07) is 30.7. The summed E-state index contributed by atoms with van der Waals surface area (Å²) in [6.45, 7) is 0. The van der Waals surface area contributed by atoms with Gasteiger partial charge in [-0.15, -0.1) is 0 Å². The summed E-state index contributed by atoms with van der Waals surface area (Å²) in [5.74, 6) is 0.745. The minimum atomic E-state index is -3.76. The van der Waals surface area contributed by atoms with Crippen LogP contribution in [0.4, 0.5) is 11.4 Å². The molecule has 0 fully saturated rings. The molecule has 32 heavy (non-hydrogen) atoms. The van der Waals surface area contributed by atoms with Gasteiger partial charge >= 0.3 is 0 Å². The Balaban J connectivity index is 1.52. The lowest BCUT2D eigenvalue weighted by Gasteiger charge is -2.13. The molecule has 0 spiro atoms. The van der Waals surface area contributed by atoms with E-state index in [1.807, 2.05) is 36.4 Å². The van der Waals surface area contributed by atoms with E-state index in [-0.39, 0.29) is 10.6 Å². The number of carbonyl (C=O) groups excluding carboxylic acids is 1. The van der Waals surface area contributed by atoms with Crippen molar-refractivity contribution in [1.29, 1.82) is 0 Å². The smallest absolute Gasteiger partial charge is 0.261 e. The number of sulfonamides is 1. The first-order valence-corrected chi connectivity index (χ1v) is 11.3. The fraction of sp³-hybridized carbons (Fsp3) is 0. The van der Waals surface area contributed by atoms with Crippen molar-refractivity contribution in [2.24, 2.45) is 0 Å². The molecule has 160 valence electrons. The van der Waals surface area contributed by atoms with Crippen LogP contribution in [0.3, 0.4) is 0 Å². The lowest BCUT2D eigenvalue weighted by atomic mass is 10.2. The number of anilines is 2. The van der Waals surface area contributed by atoms with Crippen LogP contribution in [0.5, 0.6) is 11.5 Å². The van der Waals surface area contributed by atoms with Gasteiger partial charge in [0.1, 0.15) is 5.75 Å². The van der Waals surface area contributed by atoms with Crippen LogP contribution in [0.25, 0.3) is 0 Å². The fourth-order valence-electron chi connectivity index (χ4n) is 3.01. The molecule has 0 saturated carbocycles. The second kappa shape index (κ2) is 9.36. The number of para-hydroxylation sites is 3. The molecule has 2 N–H and O–H groups in total. The minimum Gasteiger partial charge on any atom is -0.455 e. The number of carbonyl (C=O) groups is 1. The van der Waals surface area contributed by atoms with Crippen LogP contribution in [-0.2, 0) is 10.0 Å². The molecule has 0 saturated heterocycles. The van der Waals surface area contributed by atoms with E-state index in [0.717, 1.165) is 0 Å². The van der Waals surface area contributed by atoms with Crippen molar-refractivity contribution in [2.75, 3.05) is 10.0 Å². The van der Waals surface area contributed by atoms with Gasteiger partial charge in [-0.3, -0.25) is 9.52 Å². The summed E-state index contributed by atoms with van der Waals surface area (Å²) in [4.78, 5) is 13.0. The molecule has 0 aliphatic rings. The zero-order chi connectivity index (χ0) is 22.4. The van der Waals surface area contributed by atoms with E-state index in [9.17, 15) is 13.2 Å². The Morgan fingerprint density at radius 3 is 2.12 bits per heavy atom. The van der Waals surface area contributed by atoms with Crippen molar-refractivity contribution in [3.63, 3.8) is 0 Å². The first-order valence-electron chi connectivity index (χ1n) is 9.82. The summed E-state index contributed by atoms with van der Waals surface area (Å²) in [6.07, 6.45) is 0. The summed E-state index contributed by atoms with van der Waals surface area (Å²) < 4.78 is 33.5. The number of nitrogens with one attached hydrogen (secondary N) is 2. The molecular weight excluding hydrogens is 424 g/mol. The predicted molar refractivity (Wildman–Crippen MR) is 125 cm³/mol. The van der Waals surface area contributed by atoms with E-state index in [2.05, 4.69) is 10.0 Å². The third-order valence-electron chi connectivity index (χ3n) is 4.54. The van der Waals surface area contributed by atoms with Crippen LogP contribution in [-0.4, -0.2) is 14.3 Å². The standard InChI is InChI=1S/C25H20N2O4S/c28-25(26-23-16-7-8-17-24(23)31-21-12-3-1-4-13-21)19-10-9-11-20(18-19)27-32(29,30)22-14-5-2-6-15-22/h1-18,27H,(H,26,28). The average molecular weight is 445 g/mol. The SMILES string of the molecule is O=C(Nc1ccccc1Oc1ccccc1)c1cccc(NS(=O)(=O)c2ccccc2)c1. The van der Waals surface area contributed by atoms with E-state index < -0.39 is 15.9 Å². The minimum absolute atomic E-state index is 0.141. The lowest BCUT2D eigenvalue weighted by molar-refractivity contribution is 0.102. The highest BCUT2D eigenvalue weighted by Gasteiger charge is 2.15. The van der Waals surface area contributed by atoms with Gasteiger partial charge in [0.05, 0.1) is 10.6 Å². The molecule has 0 heterocycles. The average Bonchev–Trinajstić information content (AvgIpc) is 2.81. The van der Waals surface area contributed by atoms with Gasteiger partial charge in [-0.1, -0.05) is 54.6 Å². The van der Waals surface area contributed by atoms with Gasteiger partial charge in [0.15, 0.2) is 5.75 Å². The molecule has 4 rings (SSSR count). The maximum atomic E-state index is 12.9. The van der Waals surface area contributed by atoms with Crippen molar-refractivity contribution in [3.8, 4) is 11.5 Å². The first-order chi connectivity index (χ1) is 15.5. The van der Waals surface area contributed by atoms with Crippen molar-refractivity contribution < 1.29 is 17.9 Å². The molecule has 6 nitrogen and oxygen atoms in total. The van der Waals surface area contributed by atoms with Gasteiger partial charge in [-0.05, 0) is 54.6 Å². The van der Waals surface area contributed by atoms with Gasteiger partial charge in [0.2, 0.25) is 0 Å². The number of hydrogen-bond acceptors (Lipinski definition) is 4. The Hall–Kier alpha value is -4.10. The highest BCUT2D eigenvalue weighted by Crippen LogP contribution is 2.29. The van der Waals surface area contributed by atoms with Crippen molar-refractivity contribution >= 4 is 27.3 Å². The molecule has 0 radical (unpaired) electrons. The molecule has 7 heteroatoms. The van der Waals surface area contributed by atoms with Gasteiger partial charge in [0.25, 0.3) is 15.9 Å². The molecule has 0 atom stereocenters. The molecule has 0 bridgehead atoms. The molecule has 1 amide bonds. The Morgan fingerprint density at radius 1 is 0.719 bits per heavy atom. The van der Waals surface area contributed by atoms with Gasteiger partial charge in [-0.25, -0.2) is 8.42 Å². The Morgan fingerprint density at radius 2 is 1.38 bits per heavy atom. The normalized spacial score (nSPS) is 10.9. The Kier molecular flexibility index (Phi) is 6.19. The van der Waals surface area contributed by atoms with Crippen LogP contribution in [0.1, 0.15) is 10.4 Å². The van der Waals surface area contributed by atoms with E-state index in [4.69, 9.17) is 4.74 Å². The molecule has 0 unspecified atom stereocenters. The number of hydrogen-bond donors (Lipinski definition) is 2. The maximum absolute atomic E-state index is 12.9. The second-order valence-electron chi connectivity index (χ2n) is 6.86. The van der Waals surface area contributed by atoms with Gasteiger partial charge < -0.3 is 10.1 Å². The second-order valence-corrected chi connectivity index (χ2v) is 8.55. The molecule has 4 aromatic rings. The van der Waals surface area contributed by atoms with Crippen LogP contribution < -0.4 is 14.8 Å². The summed E-state index contributed by atoms with van der Waals surface area (Å²) in [5.41, 5.74) is 1.08. The molecular formula is C25H20N2O4S. The van der Waals surface area contributed by atoms with E-state index >= 15 is 0 Å². The molecule has 4 aromatic carbocycles. The van der Waals surface area contributed by atoms with E-state index in [1.165, 1.54) is 18.2 Å². The van der Waals surface area contributed by atoms with E-state index in [0.29, 0.717) is 22.7 Å². The third kappa shape index (κ3) is 5.14. The van der Waals surface area contributed by atoms with Crippen molar-refractivity contribution in [1.82, 2.24) is 0 Å². The van der Waals surface area contributed by atoms with Crippen LogP contribution in [0.2, 0.25) is 0 Å². The number of rotatable bonds is 7. The van der Waals surface area contributed by atoms with Crippen molar-refractivity contribution in [2.45, 2.75) is 4.90 Å². The number of ether oxygens (including phenoxy) is 1. The monoisotopic (exact) mass is 444 g/mol. The zero-order valence-electron chi connectivity index (χ0n) is 16.9.